The van der Waals surface area contributed by atoms with Crippen LogP contribution < -0.4 is 5.32 Å². The number of hydrogen-bond donors (Lipinski definition) is 2. The smallest absolute Gasteiger partial charge is 0.324 e. The van der Waals surface area contributed by atoms with Crippen LogP contribution in [0.15, 0.2) is 0 Å². The van der Waals surface area contributed by atoms with E-state index in [4.69, 9.17) is 9.47 Å². The molecule has 5 nitrogen and oxygen atoms in total. The number of carboxylic acids is 1. The van der Waals surface area contributed by atoms with E-state index in [9.17, 15) is 9.90 Å². The standard InChI is InChI=1S/C12H21NO4/c1-5-7-6-12(7,10(14)15)13-8-9(16-8)17-11(2,3)4/h7-9,13H,5-6H2,1-4H3,(H,14,15). The molecule has 0 aromatic carbocycles. The van der Waals surface area contributed by atoms with E-state index in [0.29, 0.717) is 6.42 Å². The number of hydrogen-bond acceptors (Lipinski definition) is 4. The molecule has 1 saturated heterocycles. The normalized spacial score (nSPS) is 40.1. The van der Waals surface area contributed by atoms with Gasteiger partial charge in [-0.3, -0.25) is 10.1 Å². The Morgan fingerprint density at radius 1 is 1.59 bits per heavy atom. The molecule has 0 aromatic heterocycles. The third kappa shape index (κ3) is 2.61. The number of ether oxygens (including phenoxy) is 2. The van der Waals surface area contributed by atoms with Gasteiger partial charge in [-0.2, -0.15) is 0 Å². The van der Waals surface area contributed by atoms with E-state index in [1.54, 1.807) is 0 Å². The fourth-order valence-corrected chi connectivity index (χ4v) is 2.22. The summed E-state index contributed by atoms with van der Waals surface area (Å²) in [7, 11) is 0. The van der Waals surface area contributed by atoms with Gasteiger partial charge in [0.25, 0.3) is 0 Å². The largest absolute Gasteiger partial charge is 0.480 e. The first-order chi connectivity index (χ1) is 7.78. The van der Waals surface area contributed by atoms with Crippen LogP contribution in [0, 0.1) is 5.92 Å². The molecule has 0 spiro atoms. The molecule has 5 heteroatoms. The Bertz CT molecular complexity index is 325. The van der Waals surface area contributed by atoms with Crippen LogP contribution >= 0.6 is 0 Å². The zero-order valence-corrected chi connectivity index (χ0v) is 10.8. The Labute approximate surface area is 101 Å². The maximum absolute atomic E-state index is 11.2. The highest BCUT2D eigenvalue weighted by Crippen LogP contribution is 2.47. The van der Waals surface area contributed by atoms with Crippen molar-refractivity contribution in [2.75, 3.05) is 0 Å². The summed E-state index contributed by atoms with van der Waals surface area (Å²) in [4.78, 5) is 11.2. The minimum absolute atomic E-state index is 0.208. The molecule has 1 aliphatic carbocycles. The molecule has 0 radical (unpaired) electrons. The Morgan fingerprint density at radius 2 is 2.24 bits per heavy atom. The highest BCUT2D eigenvalue weighted by Gasteiger charge is 2.63. The van der Waals surface area contributed by atoms with Gasteiger partial charge in [0.15, 0.2) is 12.5 Å². The summed E-state index contributed by atoms with van der Waals surface area (Å²) >= 11 is 0. The van der Waals surface area contributed by atoms with Gasteiger partial charge in [-0.15, -0.1) is 0 Å². The van der Waals surface area contributed by atoms with Crippen LogP contribution in [0.4, 0.5) is 0 Å². The van der Waals surface area contributed by atoms with Gasteiger partial charge in [-0.1, -0.05) is 13.3 Å². The molecule has 2 N–H and O–H groups in total. The van der Waals surface area contributed by atoms with Crippen LogP contribution in [0.3, 0.4) is 0 Å². The first-order valence-electron chi connectivity index (χ1n) is 6.13. The Kier molecular flexibility index (Phi) is 2.96. The minimum atomic E-state index is -0.783. The predicted octanol–water partition coefficient (Wildman–Crippen LogP) is 1.33. The second kappa shape index (κ2) is 3.93. The first-order valence-corrected chi connectivity index (χ1v) is 6.13. The van der Waals surface area contributed by atoms with E-state index in [1.165, 1.54) is 0 Å². The van der Waals surface area contributed by atoms with Crippen molar-refractivity contribution in [3.63, 3.8) is 0 Å². The molecule has 17 heavy (non-hydrogen) atoms. The molecule has 0 bridgehead atoms. The molecular weight excluding hydrogens is 222 g/mol. The number of carbonyl (C=O) groups is 1. The summed E-state index contributed by atoms with van der Waals surface area (Å²) in [5.41, 5.74) is -1.05. The predicted molar refractivity (Wildman–Crippen MR) is 61.4 cm³/mol. The zero-order valence-electron chi connectivity index (χ0n) is 10.8. The van der Waals surface area contributed by atoms with E-state index in [1.807, 2.05) is 27.7 Å². The van der Waals surface area contributed by atoms with Gasteiger partial charge < -0.3 is 14.6 Å². The second-order valence-electron chi connectivity index (χ2n) is 5.89. The van der Waals surface area contributed by atoms with Crippen molar-refractivity contribution >= 4 is 5.97 Å². The van der Waals surface area contributed by atoms with Gasteiger partial charge in [-0.05, 0) is 33.1 Å². The first kappa shape index (κ1) is 12.8. The van der Waals surface area contributed by atoms with Gasteiger partial charge in [0.1, 0.15) is 5.54 Å². The lowest BCUT2D eigenvalue weighted by Crippen LogP contribution is -2.44. The van der Waals surface area contributed by atoms with Crippen molar-refractivity contribution < 1.29 is 19.4 Å². The molecular formula is C12H21NO4. The molecule has 0 amide bonds. The van der Waals surface area contributed by atoms with Crippen molar-refractivity contribution in [3.8, 4) is 0 Å². The van der Waals surface area contributed by atoms with Crippen molar-refractivity contribution in [2.24, 2.45) is 5.92 Å². The fourth-order valence-electron chi connectivity index (χ4n) is 2.22. The SMILES string of the molecule is CCC1CC1(NC1OC1OC(C)(C)C)C(=O)O. The lowest BCUT2D eigenvalue weighted by Gasteiger charge is -2.18. The number of nitrogens with one attached hydrogen (secondary N) is 1. The van der Waals surface area contributed by atoms with Gasteiger partial charge in [0.05, 0.1) is 5.60 Å². The van der Waals surface area contributed by atoms with E-state index >= 15 is 0 Å². The highest BCUT2D eigenvalue weighted by molar-refractivity contribution is 5.83. The maximum atomic E-state index is 11.2. The summed E-state index contributed by atoms with van der Waals surface area (Å²) < 4.78 is 10.9. The quantitative estimate of drug-likeness (QED) is 0.713. The van der Waals surface area contributed by atoms with Crippen LogP contribution in [-0.4, -0.2) is 34.7 Å². The molecule has 2 rings (SSSR count). The Morgan fingerprint density at radius 3 is 2.65 bits per heavy atom. The lowest BCUT2D eigenvalue weighted by atomic mass is 10.1. The summed E-state index contributed by atoms with van der Waals surface area (Å²) in [6.45, 7) is 7.86. The third-order valence-electron chi connectivity index (χ3n) is 3.30. The fraction of sp³-hybridized carbons (Fsp3) is 0.917. The van der Waals surface area contributed by atoms with Crippen molar-refractivity contribution in [1.82, 2.24) is 5.32 Å². The summed E-state index contributed by atoms with van der Waals surface area (Å²) in [5, 5.41) is 12.3. The summed E-state index contributed by atoms with van der Waals surface area (Å²) in [6.07, 6.45) is 0.962. The molecule has 1 aliphatic heterocycles. The van der Waals surface area contributed by atoms with Crippen LogP contribution in [-0.2, 0) is 14.3 Å². The van der Waals surface area contributed by atoms with Crippen LogP contribution in [0.5, 0.6) is 0 Å². The van der Waals surface area contributed by atoms with Crippen molar-refractivity contribution in [2.45, 2.75) is 64.2 Å². The number of rotatable bonds is 5. The van der Waals surface area contributed by atoms with E-state index in [-0.39, 0.29) is 24.0 Å². The van der Waals surface area contributed by atoms with Gasteiger partial charge in [0, 0.05) is 0 Å². The third-order valence-corrected chi connectivity index (χ3v) is 3.30. The Balaban J connectivity index is 1.85. The second-order valence-corrected chi connectivity index (χ2v) is 5.89. The highest BCUT2D eigenvalue weighted by atomic mass is 16.8. The summed E-state index contributed by atoms with van der Waals surface area (Å²) in [5.74, 6) is -0.575. The molecule has 98 valence electrons. The molecule has 1 saturated carbocycles. The van der Waals surface area contributed by atoms with Crippen molar-refractivity contribution in [3.05, 3.63) is 0 Å². The number of aliphatic carboxylic acids is 1. The Hall–Kier alpha value is -0.650. The van der Waals surface area contributed by atoms with Gasteiger partial charge >= 0.3 is 5.97 Å². The topological polar surface area (TPSA) is 71.1 Å². The van der Waals surface area contributed by atoms with Crippen LogP contribution in [0.1, 0.15) is 40.5 Å². The number of carboxylic acid groups (broad SMARTS) is 1. The lowest BCUT2D eigenvalue weighted by molar-refractivity contribution is -0.141. The maximum Gasteiger partial charge on any atom is 0.324 e. The summed E-state index contributed by atoms with van der Waals surface area (Å²) in [6, 6.07) is 0. The minimum Gasteiger partial charge on any atom is -0.480 e. The molecule has 2 fully saturated rings. The average Bonchev–Trinajstić information content (AvgIpc) is 3.04. The zero-order chi connectivity index (χ0) is 12.8. The number of epoxide rings is 1. The van der Waals surface area contributed by atoms with Gasteiger partial charge in [0.2, 0.25) is 0 Å². The average molecular weight is 243 g/mol. The molecule has 1 heterocycles. The van der Waals surface area contributed by atoms with Crippen molar-refractivity contribution in [1.29, 1.82) is 0 Å². The molecule has 0 aromatic rings. The van der Waals surface area contributed by atoms with E-state index in [2.05, 4.69) is 5.32 Å². The van der Waals surface area contributed by atoms with Crippen LogP contribution in [0.25, 0.3) is 0 Å². The van der Waals surface area contributed by atoms with Crippen LogP contribution in [0.2, 0.25) is 0 Å². The van der Waals surface area contributed by atoms with Gasteiger partial charge in [-0.25, -0.2) is 0 Å². The molecule has 4 unspecified atom stereocenters. The molecule has 4 atom stereocenters. The van der Waals surface area contributed by atoms with E-state index in [0.717, 1.165) is 6.42 Å². The van der Waals surface area contributed by atoms with E-state index < -0.39 is 11.5 Å². The monoisotopic (exact) mass is 243 g/mol. The molecule has 2 aliphatic rings.